The van der Waals surface area contributed by atoms with Gasteiger partial charge in [0.25, 0.3) is 0 Å². The minimum absolute atomic E-state index is 0.253. The highest BCUT2D eigenvalue weighted by atomic mass is 19.1. The van der Waals surface area contributed by atoms with E-state index < -0.39 is 6.09 Å². The predicted octanol–water partition coefficient (Wildman–Crippen LogP) is 3.60. The topological polar surface area (TPSA) is 38.3 Å². The monoisotopic (exact) mass is 287 g/mol. The molecule has 1 amide bonds. The first kappa shape index (κ1) is 15.0. The second-order valence-electron chi connectivity index (χ2n) is 4.86. The van der Waals surface area contributed by atoms with Crippen molar-refractivity contribution in [1.29, 1.82) is 0 Å². The fourth-order valence-corrected chi connectivity index (χ4v) is 1.84. The first-order chi connectivity index (χ1) is 10.1. The molecular formula is C17H18FNO2. The van der Waals surface area contributed by atoms with Gasteiger partial charge in [-0.05, 0) is 36.6 Å². The van der Waals surface area contributed by atoms with E-state index in [1.54, 1.807) is 12.1 Å². The molecule has 0 atom stereocenters. The normalized spacial score (nSPS) is 10.2. The van der Waals surface area contributed by atoms with Gasteiger partial charge in [-0.2, -0.15) is 0 Å². The van der Waals surface area contributed by atoms with E-state index in [1.165, 1.54) is 17.7 Å². The van der Waals surface area contributed by atoms with Crippen LogP contribution in [0.25, 0.3) is 0 Å². The van der Waals surface area contributed by atoms with E-state index in [9.17, 15) is 9.18 Å². The lowest BCUT2D eigenvalue weighted by Gasteiger charge is -2.07. The Morgan fingerprint density at radius 2 is 1.67 bits per heavy atom. The van der Waals surface area contributed by atoms with Gasteiger partial charge in [-0.15, -0.1) is 0 Å². The van der Waals surface area contributed by atoms with Crippen molar-refractivity contribution >= 4 is 6.09 Å². The third kappa shape index (κ3) is 5.26. The Kier molecular flexibility index (Phi) is 5.32. The number of carbonyl (C=O) groups excluding carboxylic acids is 1. The van der Waals surface area contributed by atoms with E-state index in [1.807, 2.05) is 31.2 Å². The lowest BCUT2D eigenvalue weighted by molar-refractivity contribution is 0.140. The molecule has 2 aromatic carbocycles. The van der Waals surface area contributed by atoms with Crippen LogP contribution in [0.15, 0.2) is 48.5 Å². The van der Waals surface area contributed by atoms with Crippen molar-refractivity contribution in [1.82, 2.24) is 5.32 Å². The quantitative estimate of drug-likeness (QED) is 0.912. The van der Waals surface area contributed by atoms with Gasteiger partial charge in [0, 0.05) is 6.54 Å². The molecule has 0 heterocycles. The van der Waals surface area contributed by atoms with Crippen LogP contribution in [0.4, 0.5) is 9.18 Å². The molecular weight excluding hydrogens is 269 g/mol. The van der Waals surface area contributed by atoms with Crippen molar-refractivity contribution in [2.45, 2.75) is 20.0 Å². The van der Waals surface area contributed by atoms with Crippen LogP contribution in [0.2, 0.25) is 0 Å². The maximum Gasteiger partial charge on any atom is 0.407 e. The molecule has 0 saturated heterocycles. The minimum Gasteiger partial charge on any atom is -0.445 e. The van der Waals surface area contributed by atoms with E-state index >= 15 is 0 Å². The minimum atomic E-state index is -0.447. The van der Waals surface area contributed by atoms with E-state index in [-0.39, 0.29) is 12.4 Å². The molecule has 0 aromatic heterocycles. The number of hydrogen-bond donors (Lipinski definition) is 1. The number of hydrogen-bond acceptors (Lipinski definition) is 2. The second kappa shape index (κ2) is 7.43. The highest BCUT2D eigenvalue weighted by molar-refractivity contribution is 5.67. The average molecular weight is 287 g/mol. The Labute approximate surface area is 123 Å². The highest BCUT2D eigenvalue weighted by Gasteiger charge is 2.02. The van der Waals surface area contributed by atoms with Gasteiger partial charge in [0.05, 0.1) is 0 Å². The molecule has 1 N–H and O–H groups in total. The molecule has 0 bridgehead atoms. The van der Waals surface area contributed by atoms with Crippen molar-refractivity contribution in [3.8, 4) is 0 Å². The number of halogens is 1. The Bertz CT molecular complexity index is 579. The van der Waals surface area contributed by atoms with Crippen molar-refractivity contribution in [2.24, 2.45) is 0 Å². The number of benzene rings is 2. The summed E-state index contributed by atoms with van der Waals surface area (Å²) in [6.45, 7) is 2.72. The van der Waals surface area contributed by atoms with Gasteiger partial charge in [0.1, 0.15) is 12.4 Å². The molecule has 0 aliphatic carbocycles. The van der Waals surface area contributed by atoms with Gasteiger partial charge in [-0.25, -0.2) is 9.18 Å². The predicted molar refractivity (Wildman–Crippen MR) is 79.5 cm³/mol. The largest absolute Gasteiger partial charge is 0.445 e. The van der Waals surface area contributed by atoms with E-state index in [0.29, 0.717) is 13.0 Å². The molecule has 0 saturated carbocycles. The number of nitrogens with one attached hydrogen (secondary N) is 1. The van der Waals surface area contributed by atoms with Crippen molar-refractivity contribution in [2.75, 3.05) is 6.54 Å². The van der Waals surface area contributed by atoms with Gasteiger partial charge in [-0.1, -0.05) is 42.0 Å². The van der Waals surface area contributed by atoms with Crippen LogP contribution in [-0.4, -0.2) is 12.6 Å². The van der Waals surface area contributed by atoms with Gasteiger partial charge in [0.15, 0.2) is 0 Å². The zero-order chi connectivity index (χ0) is 15.1. The summed E-state index contributed by atoms with van der Waals surface area (Å²) in [6.07, 6.45) is 0.192. The average Bonchev–Trinajstić information content (AvgIpc) is 2.49. The molecule has 0 unspecified atom stereocenters. The van der Waals surface area contributed by atoms with Crippen LogP contribution in [-0.2, 0) is 17.8 Å². The van der Waals surface area contributed by atoms with Crippen molar-refractivity contribution < 1.29 is 13.9 Å². The molecule has 0 aliphatic heterocycles. The molecule has 0 aliphatic rings. The lowest BCUT2D eigenvalue weighted by Crippen LogP contribution is -2.26. The van der Waals surface area contributed by atoms with E-state index in [4.69, 9.17) is 4.74 Å². The van der Waals surface area contributed by atoms with Crippen LogP contribution >= 0.6 is 0 Å². The molecule has 21 heavy (non-hydrogen) atoms. The summed E-state index contributed by atoms with van der Waals surface area (Å²) in [5, 5.41) is 2.67. The van der Waals surface area contributed by atoms with Gasteiger partial charge in [-0.3, -0.25) is 0 Å². The van der Waals surface area contributed by atoms with Crippen LogP contribution in [0, 0.1) is 12.7 Å². The molecule has 2 rings (SSSR count). The number of ether oxygens (including phenoxy) is 1. The van der Waals surface area contributed by atoms with Crippen LogP contribution in [0.1, 0.15) is 16.7 Å². The summed E-state index contributed by atoms with van der Waals surface area (Å²) in [5.74, 6) is -0.260. The maximum atomic E-state index is 12.7. The summed E-state index contributed by atoms with van der Waals surface area (Å²) in [6, 6.07) is 14.0. The van der Waals surface area contributed by atoms with Crippen molar-refractivity contribution in [3.05, 3.63) is 71.0 Å². The summed E-state index contributed by atoms with van der Waals surface area (Å²) in [7, 11) is 0. The Hall–Kier alpha value is -2.36. The highest BCUT2D eigenvalue weighted by Crippen LogP contribution is 2.05. The molecule has 0 spiro atoms. The number of alkyl carbamates (subject to hydrolysis) is 1. The smallest absolute Gasteiger partial charge is 0.407 e. The first-order valence-corrected chi connectivity index (χ1v) is 6.84. The van der Waals surface area contributed by atoms with Crippen molar-refractivity contribution in [3.63, 3.8) is 0 Å². The summed E-state index contributed by atoms with van der Waals surface area (Å²) < 4.78 is 17.8. The third-order valence-corrected chi connectivity index (χ3v) is 3.09. The second-order valence-corrected chi connectivity index (χ2v) is 4.86. The van der Waals surface area contributed by atoms with Gasteiger partial charge in [0.2, 0.25) is 0 Å². The molecule has 2 aromatic rings. The maximum absolute atomic E-state index is 12.7. The Morgan fingerprint density at radius 1 is 1.05 bits per heavy atom. The fraction of sp³-hybridized carbons (Fsp3) is 0.235. The summed E-state index contributed by atoms with van der Waals surface area (Å²) in [5.41, 5.74) is 3.09. The summed E-state index contributed by atoms with van der Waals surface area (Å²) in [4.78, 5) is 11.5. The number of amides is 1. The number of rotatable bonds is 5. The third-order valence-electron chi connectivity index (χ3n) is 3.09. The number of carbonyl (C=O) groups is 1. The van der Waals surface area contributed by atoms with Crippen LogP contribution < -0.4 is 5.32 Å². The van der Waals surface area contributed by atoms with Gasteiger partial charge < -0.3 is 10.1 Å². The molecule has 4 heteroatoms. The first-order valence-electron chi connectivity index (χ1n) is 6.84. The Morgan fingerprint density at radius 3 is 2.33 bits per heavy atom. The van der Waals surface area contributed by atoms with E-state index in [0.717, 1.165) is 11.1 Å². The Balaban J connectivity index is 1.67. The summed E-state index contributed by atoms with van der Waals surface area (Å²) >= 11 is 0. The van der Waals surface area contributed by atoms with Crippen LogP contribution in [0.3, 0.4) is 0 Å². The fourth-order valence-electron chi connectivity index (χ4n) is 1.84. The molecule has 0 radical (unpaired) electrons. The van der Waals surface area contributed by atoms with E-state index in [2.05, 4.69) is 5.32 Å². The standard InChI is InChI=1S/C17H18FNO2/c1-13-2-4-15(5-3-13)12-21-17(20)19-11-10-14-6-8-16(18)9-7-14/h2-9H,10-12H2,1H3,(H,19,20). The molecule has 110 valence electrons. The van der Waals surface area contributed by atoms with Crippen LogP contribution in [0.5, 0.6) is 0 Å². The van der Waals surface area contributed by atoms with Gasteiger partial charge >= 0.3 is 6.09 Å². The zero-order valence-electron chi connectivity index (χ0n) is 11.9. The SMILES string of the molecule is Cc1ccc(COC(=O)NCCc2ccc(F)cc2)cc1. The number of aryl methyl sites for hydroxylation is 1. The lowest BCUT2D eigenvalue weighted by atomic mass is 10.1. The zero-order valence-corrected chi connectivity index (χ0v) is 11.9. The molecule has 0 fully saturated rings. The molecule has 3 nitrogen and oxygen atoms in total.